The van der Waals surface area contributed by atoms with Gasteiger partial charge in [-0.05, 0) is 47.5 Å². The topological polar surface area (TPSA) is 77.3 Å². The van der Waals surface area contributed by atoms with Crippen molar-refractivity contribution >= 4 is 31.9 Å². The highest BCUT2D eigenvalue weighted by Crippen LogP contribution is 2.33. The van der Waals surface area contributed by atoms with Crippen LogP contribution in [0, 0.1) is 0 Å². The van der Waals surface area contributed by atoms with E-state index in [1.807, 2.05) is 24.3 Å². The van der Waals surface area contributed by atoms with E-state index >= 15 is 0 Å². The zero-order valence-electron chi connectivity index (χ0n) is 13.2. The second-order valence-corrected chi connectivity index (χ2v) is 7.21. The quantitative estimate of drug-likeness (QED) is 0.437. The minimum absolute atomic E-state index is 0.589. The molecule has 4 aromatic rings. The van der Waals surface area contributed by atoms with E-state index in [-0.39, 0.29) is 0 Å². The first kappa shape index (κ1) is 16.9. The summed E-state index contributed by atoms with van der Waals surface area (Å²) in [5.41, 5.74) is 3.76. The Balaban J connectivity index is 1.93. The minimum Gasteiger partial charge on any atom is -0.225 e. The Hall–Kier alpha value is -2.58. The molecule has 0 fully saturated rings. The van der Waals surface area contributed by atoms with Crippen molar-refractivity contribution in [1.82, 2.24) is 29.9 Å². The van der Waals surface area contributed by atoms with Crippen LogP contribution in [0.25, 0.3) is 33.9 Å². The Morgan fingerprint density at radius 3 is 1.31 bits per heavy atom. The van der Waals surface area contributed by atoms with Crippen LogP contribution >= 0.6 is 31.9 Å². The number of rotatable bonds is 3. The fraction of sp³-hybridized carbons (Fsp3) is 0. The van der Waals surface area contributed by atoms with Crippen LogP contribution in [0.4, 0.5) is 0 Å². The number of nitrogens with zero attached hydrogens (tertiary/aromatic N) is 6. The molecular formula is C18H10Br2N6. The molecule has 0 aliphatic rings. The molecule has 0 spiro atoms. The lowest BCUT2D eigenvalue weighted by Gasteiger charge is -2.10. The molecule has 0 saturated heterocycles. The maximum atomic E-state index is 4.26. The zero-order valence-corrected chi connectivity index (χ0v) is 16.4. The van der Waals surface area contributed by atoms with Crippen molar-refractivity contribution in [2.45, 2.75) is 0 Å². The first-order chi connectivity index (χ1) is 12.7. The summed E-state index contributed by atoms with van der Waals surface area (Å²) in [5.74, 6) is 1.18. The highest BCUT2D eigenvalue weighted by atomic mass is 79.9. The molecule has 0 bridgehead atoms. The lowest BCUT2D eigenvalue weighted by atomic mass is 9.99. The maximum Gasteiger partial charge on any atom is 0.162 e. The summed E-state index contributed by atoms with van der Waals surface area (Å²) in [6.45, 7) is 0. The number of aromatic nitrogens is 6. The number of halogens is 2. The van der Waals surface area contributed by atoms with Gasteiger partial charge < -0.3 is 0 Å². The van der Waals surface area contributed by atoms with Crippen molar-refractivity contribution in [3.8, 4) is 33.9 Å². The van der Waals surface area contributed by atoms with Crippen LogP contribution in [0.15, 0.2) is 70.7 Å². The lowest BCUT2D eigenvalue weighted by molar-refractivity contribution is 1.05. The average molecular weight is 470 g/mol. The van der Waals surface area contributed by atoms with Gasteiger partial charge in [-0.25, -0.2) is 29.9 Å². The van der Waals surface area contributed by atoms with Gasteiger partial charge in [-0.3, -0.25) is 0 Å². The van der Waals surface area contributed by atoms with Crippen molar-refractivity contribution in [3.63, 3.8) is 0 Å². The molecule has 26 heavy (non-hydrogen) atoms. The van der Waals surface area contributed by atoms with Crippen LogP contribution in [0.3, 0.4) is 0 Å². The fourth-order valence-corrected chi connectivity index (χ4v) is 3.84. The van der Waals surface area contributed by atoms with Crippen molar-refractivity contribution in [2.75, 3.05) is 0 Å². The van der Waals surface area contributed by atoms with Gasteiger partial charge in [0.15, 0.2) is 11.6 Å². The molecule has 0 aliphatic carbocycles. The smallest absolute Gasteiger partial charge is 0.162 e. The molecular weight excluding hydrogens is 460 g/mol. The van der Waals surface area contributed by atoms with Crippen molar-refractivity contribution < 1.29 is 0 Å². The van der Waals surface area contributed by atoms with Crippen LogP contribution in [0.5, 0.6) is 0 Å². The molecule has 0 unspecified atom stereocenters. The monoisotopic (exact) mass is 468 g/mol. The minimum atomic E-state index is 0.589. The van der Waals surface area contributed by atoms with E-state index in [0.29, 0.717) is 11.6 Å². The third-order valence-corrected chi connectivity index (χ3v) is 4.55. The third-order valence-electron chi connectivity index (χ3n) is 3.63. The van der Waals surface area contributed by atoms with Gasteiger partial charge in [0, 0.05) is 20.1 Å². The molecule has 0 amide bonds. The van der Waals surface area contributed by atoms with E-state index in [0.717, 1.165) is 31.2 Å². The molecule has 126 valence electrons. The van der Waals surface area contributed by atoms with Gasteiger partial charge in [-0.15, -0.1) is 0 Å². The highest BCUT2D eigenvalue weighted by Gasteiger charge is 2.11. The Morgan fingerprint density at radius 2 is 0.846 bits per heavy atom. The SMILES string of the molecule is Brc1cc(Br)cc(-c2cc(-c3ncncn3)cc(-c3ncncn3)c2)c1. The summed E-state index contributed by atoms with van der Waals surface area (Å²) < 4.78 is 1.96. The van der Waals surface area contributed by atoms with Gasteiger partial charge >= 0.3 is 0 Å². The van der Waals surface area contributed by atoms with E-state index < -0.39 is 0 Å². The predicted octanol–water partition coefficient (Wildman–Crippen LogP) is 4.58. The van der Waals surface area contributed by atoms with Gasteiger partial charge in [0.1, 0.15) is 25.3 Å². The van der Waals surface area contributed by atoms with Crippen LogP contribution in [0.1, 0.15) is 0 Å². The Morgan fingerprint density at radius 1 is 0.462 bits per heavy atom. The van der Waals surface area contributed by atoms with Gasteiger partial charge in [-0.1, -0.05) is 31.9 Å². The molecule has 0 N–H and O–H groups in total. The lowest BCUT2D eigenvalue weighted by Crippen LogP contribution is -1.94. The summed E-state index contributed by atoms with van der Waals surface area (Å²) in [7, 11) is 0. The van der Waals surface area contributed by atoms with Crippen LogP contribution in [-0.2, 0) is 0 Å². The van der Waals surface area contributed by atoms with Gasteiger partial charge in [-0.2, -0.15) is 0 Å². The summed E-state index contributed by atoms with van der Waals surface area (Å²) in [5, 5.41) is 0. The molecule has 0 atom stereocenters. The molecule has 8 heteroatoms. The molecule has 0 saturated carbocycles. The Kier molecular flexibility index (Phi) is 4.77. The third kappa shape index (κ3) is 3.66. The first-order valence-electron chi connectivity index (χ1n) is 7.55. The number of hydrogen-bond acceptors (Lipinski definition) is 6. The zero-order chi connectivity index (χ0) is 17.9. The van der Waals surface area contributed by atoms with Gasteiger partial charge in [0.05, 0.1) is 0 Å². The molecule has 2 heterocycles. The van der Waals surface area contributed by atoms with Crippen LogP contribution in [-0.4, -0.2) is 29.9 Å². The first-order valence-corrected chi connectivity index (χ1v) is 9.14. The normalized spacial score (nSPS) is 10.7. The fourth-order valence-electron chi connectivity index (χ4n) is 2.55. The molecule has 2 aromatic heterocycles. The second kappa shape index (κ2) is 7.35. The highest BCUT2D eigenvalue weighted by molar-refractivity contribution is 9.11. The summed E-state index contributed by atoms with van der Waals surface area (Å²) in [6.07, 6.45) is 5.92. The van der Waals surface area contributed by atoms with Crippen molar-refractivity contribution in [3.05, 3.63) is 70.7 Å². The van der Waals surface area contributed by atoms with E-state index in [9.17, 15) is 0 Å². The summed E-state index contributed by atoms with van der Waals surface area (Å²) in [6, 6.07) is 12.1. The molecule has 0 aliphatic heterocycles. The van der Waals surface area contributed by atoms with Crippen LogP contribution < -0.4 is 0 Å². The standard InChI is InChI=1S/C18H10Br2N6/c19-15-4-12(5-16(20)6-15)11-1-13(17-23-7-21-8-24-17)3-14(2-11)18-25-9-22-10-26-18/h1-10H. The van der Waals surface area contributed by atoms with Gasteiger partial charge in [0.25, 0.3) is 0 Å². The van der Waals surface area contributed by atoms with E-state index in [1.165, 1.54) is 25.3 Å². The Labute approximate surface area is 166 Å². The Bertz CT molecular complexity index is 980. The largest absolute Gasteiger partial charge is 0.225 e. The van der Waals surface area contributed by atoms with E-state index in [1.54, 1.807) is 0 Å². The van der Waals surface area contributed by atoms with Crippen molar-refractivity contribution in [2.24, 2.45) is 0 Å². The second-order valence-electron chi connectivity index (χ2n) is 5.38. The molecule has 2 aromatic carbocycles. The molecule has 0 radical (unpaired) electrons. The number of hydrogen-bond donors (Lipinski definition) is 0. The maximum absolute atomic E-state index is 4.26. The van der Waals surface area contributed by atoms with Gasteiger partial charge in [0.2, 0.25) is 0 Å². The molecule has 4 rings (SSSR count). The average Bonchev–Trinajstić information content (AvgIpc) is 2.68. The van der Waals surface area contributed by atoms with E-state index in [2.05, 4.69) is 73.9 Å². The van der Waals surface area contributed by atoms with E-state index in [4.69, 9.17) is 0 Å². The number of benzene rings is 2. The van der Waals surface area contributed by atoms with Crippen molar-refractivity contribution in [1.29, 1.82) is 0 Å². The summed E-state index contributed by atoms with van der Waals surface area (Å²) in [4.78, 5) is 24.8. The molecule has 6 nitrogen and oxygen atoms in total. The van der Waals surface area contributed by atoms with Crippen LogP contribution in [0.2, 0.25) is 0 Å². The predicted molar refractivity (Wildman–Crippen MR) is 105 cm³/mol. The summed E-state index contributed by atoms with van der Waals surface area (Å²) >= 11 is 7.08.